The normalized spacial score (nSPS) is 20.5. The fourth-order valence-electron chi connectivity index (χ4n) is 3.54. The number of rotatable bonds is 4. The van der Waals surface area contributed by atoms with Crippen LogP contribution in [0.25, 0.3) is 0 Å². The Morgan fingerprint density at radius 2 is 1.93 bits per heavy atom. The van der Waals surface area contributed by atoms with Gasteiger partial charge in [0.1, 0.15) is 11.8 Å². The van der Waals surface area contributed by atoms with Crippen LogP contribution >= 0.6 is 23.4 Å². The Labute approximate surface area is 183 Å². The largest absolute Gasteiger partial charge is 0.332 e. The molecule has 0 bridgehead atoms. The molecule has 2 aromatic rings. The second kappa shape index (κ2) is 8.16. The molecule has 2 aliphatic heterocycles. The summed E-state index contributed by atoms with van der Waals surface area (Å²) in [6.07, 6.45) is 1.80. The molecule has 4 amide bonds. The zero-order valence-corrected chi connectivity index (χ0v) is 18.0. The molecule has 1 saturated heterocycles. The molecule has 6 nitrogen and oxygen atoms in total. The van der Waals surface area contributed by atoms with Crippen LogP contribution in [0.3, 0.4) is 0 Å². The van der Waals surface area contributed by atoms with Gasteiger partial charge in [0.2, 0.25) is 5.91 Å². The lowest BCUT2D eigenvalue weighted by atomic mass is 10.1. The highest BCUT2D eigenvalue weighted by Crippen LogP contribution is 2.36. The van der Waals surface area contributed by atoms with E-state index in [1.165, 1.54) is 16.7 Å². The van der Waals surface area contributed by atoms with E-state index in [-0.39, 0.29) is 18.4 Å². The molecule has 0 radical (unpaired) electrons. The maximum absolute atomic E-state index is 13.2. The first kappa shape index (κ1) is 20.5. The van der Waals surface area contributed by atoms with Gasteiger partial charge < -0.3 is 10.2 Å². The fraction of sp³-hybridized carbons (Fsp3) is 0.227. The van der Waals surface area contributed by atoms with Gasteiger partial charge >= 0.3 is 6.03 Å². The van der Waals surface area contributed by atoms with Gasteiger partial charge in [-0.1, -0.05) is 29.8 Å². The number of carbonyl (C=O) groups excluding carboxylic acids is 3. The predicted molar refractivity (Wildman–Crippen MR) is 120 cm³/mol. The zero-order valence-electron chi connectivity index (χ0n) is 16.5. The number of nitrogens with one attached hydrogen (secondary N) is 1. The van der Waals surface area contributed by atoms with Crippen molar-refractivity contribution >= 4 is 52.6 Å². The monoisotopic (exact) mass is 441 g/mol. The highest BCUT2D eigenvalue weighted by Gasteiger charge is 2.48. The molecule has 0 saturated carbocycles. The molecular formula is C22H20ClN3O3S. The maximum atomic E-state index is 13.2. The maximum Gasteiger partial charge on any atom is 0.332 e. The molecule has 4 rings (SSSR count). The van der Waals surface area contributed by atoms with Crippen molar-refractivity contribution in [2.75, 3.05) is 16.8 Å². The molecule has 1 fully saturated rings. The van der Waals surface area contributed by atoms with E-state index < -0.39 is 17.3 Å². The second-order valence-corrected chi connectivity index (χ2v) is 8.78. The number of nitrogens with zero attached hydrogens (tertiary/aromatic N) is 2. The minimum atomic E-state index is -0.536. The van der Waals surface area contributed by atoms with Crippen LogP contribution in [0.1, 0.15) is 11.1 Å². The average molecular weight is 442 g/mol. The van der Waals surface area contributed by atoms with Crippen LogP contribution in [0, 0.1) is 13.8 Å². The molecule has 2 heterocycles. The predicted octanol–water partition coefficient (Wildman–Crippen LogP) is 4.36. The second-order valence-electron chi connectivity index (χ2n) is 7.29. The van der Waals surface area contributed by atoms with Crippen LogP contribution in [0.2, 0.25) is 5.02 Å². The molecule has 2 aliphatic rings. The van der Waals surface area contributed by atoms with E-state index in [4.69, 9.17) is 11.6 Å². The highest BCUT2D eigenvalue weighted by atomic mass is 35.5. The molecular weight excluding hydrogens is 422 g/mol. The number of amides is 4. The van der Waals surface area contributed by atoms with Gasteiger partial charge in [-0.3, -0.25) is 9.59 Å². The van der Waals surface area contributed by atoms with Gasteiger partial charge in [-0.05, 0) is 60.7 Å². The fourth-order valence-corrected chi connectivity index (χ4v) is 4.77. The van der Waals surface area contributed by atoms with E-state index in [0.29, 0.717) is 16.4 Å². The van der Waals surface area contributed by atoms with E-state index in [2.05, 4.69) is 5.32 Å². The number of hydrogen-bond donors (Lipinski definition) is 1. The Kier molecular flexibility index (Phi) is 5.58. The number of fused-ring (bicyclic) bond motifs is 1. The Morgan fingerprint density at radius 1 is 1.13 bits per heavy atom. The lowest BCUT2D eigenvalue weighted by Crippen LogP contribution is -2.63. The van der Waals surface area contributed by atoms with Crippen molar-refractivity contribution in [3.63, 3.8) is 0 Å². The van der Waals surface area contributed by atoms with Crippen LogP contribution in [0.5, 0.6) is 0 Å². The van der Waals surface area contributed by atoms with Crippen LogP contribution < -0.4 is 10.2 Å². The smallest absolute Gasteiger partial charge is 0.325 e. The molecule has 30 heavy (non-hydrogen) atoms. The Bertz CT molecular complexity index is 1070. The third kappa shape index (κ3) is 3.82. The Balaban J connectivity index is 1.58. The quantitative estimate of drug-likeness (QED) is 0.765. The lowest BCUT2D eigenvalue weighted by molar-refractivity contribution is -0.121. The summed E-state index contributed by atoms with van der Waals surface area (Å²) in [6, 6.07) is 11.2. The number of halogens is 1. The van der Waals surface area contributed by atoms with Crippen LogP contribution in [0.15, 0.2) is 53.9 Å². The molecule has 1 N–H and O–H groups in total. The molecule has 2 aromatic carbocycles. The molecule has 154 valence electrons. The first-order valence-electron chi connectivity index (χ1n) is 9.44. The summed E-state index contributed by atoms with van der Waals surface area (Å²) in [5, 5.41) is 4.58. The first-order chi connectivity index (χ1) is 14.3. The van der Waals surface area contributed by atoms with Crippen molar-refractivity contribution < 1.29 is 14.4 Å². The number of urea groups is 1. The molecule has 2 unspecified atom stereocenters. The van der Waals surface area contributed by atoms with E-state index in [1.807, 2.05) is 32.0 Å². The number of thioether (sulfide) groups is 1. The van der Waals surface area contributed by atoms with E-state index in [1.54, 1.807) is 35.7 Å². The van der Waals surface area contributed by atoms with Crippen molar-refractivity contribution in [3.8, 4) is 0 Å². The van der Waals surface area contributed by atoms with E-state index in [9.17, 15) is 14.4 Å². The van der Waals surface area contributed by atoms with Crippen LogP contribution in [0.4, 0.5) is 16.2 Å². The van der Waals surface area contributed by atoms with Gasteiger partial charge in [0.05, 0.1) is 11.7 Å². The van der Waals surface area contributed by atoms with Gasteiger partial charge in [-0.2, -0.15) is 0 Å². The number of imide groups is 1. The number of carbonyl (C=O) groups is 3. The van der Waals surface area contributed by atoms with Crippen molar-refractivity contribution in [2.24, 2.45) is 0 Å². The van der Waals surface area contributed by atoms with E-state index in [0.717, 1.165) is 16.0 Å². The van der Waals surface area contributed by atoms with Crippen molar-refractivity contribution in [1.29, 1.82) is 0 Å². The summed E-state index contributed by atoms with van der Waals surface area (Å²) >= 11 is 7.41. The van der Waals surface area contributed by atoms with Gasteiger partial charge in [0.25, 0.3) is 5.91 Å². The third-order valence-corrected chi connectivity index (χ3v) is 6.57. The average Bonchev–Trinajstić information content (AvgIpc) is 3.18. The first-order valence-corrected chi connectivity index (χ1v) is 10.8. The van der Waals surface area contributed by atoms with Crippen LogP contribution in [-0.4, -0.2) is 40.6 Å². The van der Waals surface area contributed by atoms with E-state index >= 15 is 0 Å². The number of anilines is 2. The summed E-state index contributed by atoms with van der Waals surface area (Å²) in [5.74, 6) is -0.635. The molecule has 0 spiro atoms. The Hall–Kier alpha value is -2.77. The van der Waals surface area contributed by atoms with Gasteiger partial charge in [0.15, 0.2) is 0 Å². The van der Waals surface area contributed by atoms with Gasteiger partial charge in [-0.25, -0.2) is 9.69 Å². The summed E-state index contributed by atoms with van der Waals surface area (Å²) in [4.78, 5) is 41.5. The topological polar surface area (TPSA) is 69.7 Å². The number of benzene rings is 2. The van der Waals surface area contributed by atoms with Crippen LogP contribution in [-0.2, 0) is 9.59 Å². The summed E-state index contributed by atoms with van der Waals surface area (Å²) < 4.78 is 0. The minimum Gasteiger partial charge on any atom is -0.325 e. The lowest BCUT2D eigenvalue weighted by Gasteiger charge is -2.40. The van der Waals surface area contributed by atoms with Crippen molar-refractivity contribution in [2.45, 2.75) is 25.1 Å². The zero-order chi connectivity index (χ0) is 21.4. The molecule has 0 aliphatic carbocycles. The van der Waals surface area contributed by atoms with Crippen molar-refractivity contribution in [1.82, 2.24) is 4.90 Å². The molecule has 8 heteroatoms. The molecule has 2 atom stereocenters. The molecule has 0 aromatic heterocycles. The standard InChI is InChI=1S/C22H20ClN3O3S/c1-13-6-7-16(10-14(13)2)24-19(27)12-25-18-8-9-30-20(18)21(28)26(22(25)29)17-5-3-4-15(23)11-17/h3-11,18,20H,12H2,1-2H3,(H,24,27). The number of hydrogen-bond acceptors (Lipinski definition) is 4. The number of aryl methyl sites for hydroxylation is 2. The minimum absolute atomic E-state index is 0.165. The van der Waals surface area contributed by atoms with Gasteiger partial charge in [-0.15, -0.1) is 11.8 Å². The third-order valence-electron chi connectivity index (χ3n) is 5.24. The summed E-state index contributed by atoms with van der Waals surface area (Å²) in [7, 11) is 0. The summed E-state index contributed by atoms with van der Waals surface area (Å²) in [6.45, 7) is 3.81. The highest BCUT2D eigenvalue weighted by molar-refractivity contribution is 8.03. The Morgan fingerprint density at radius 3 is 2.67 bits per heavy atom. The SMILES string of the molecule is Cc1ccc(NC(=O)CN2C(=O)N(c3cccc(Cl)c3)C(=O)C3SC=CC32)cc1C. The summed E-state index contributed by atoms with van der Waals surface area (Å²) in [5.41, 5.74) is 3.26. The van der Waals surface area contributed by atoms with Crippen molar-refractivity contribution in [3.05, 3.63) is 70.1 Å². The van der Waals surface area contributed by atoms with Gasteiger partial charge in [0, 0.05) is 10.7 Å².